The first-order valence-electron chi connectivity index (χ1n) is 6.89. The van der Waals surface area contributed by atoms with Gasteiger partial charge in [-0.2, -0.15) is 5.10 Å². The molecule has 19 heavy (non-hydrogen) atoms. The first kappa shape index (κ1) is 13.8. The second-order valence-electron chi connectivity index (χ2n) is 5.10. The van der Waals surface area contributed by atoms with Crippen LogP contribution in [0.5, 0.6) is 0 Å². The smallest absolute Gasteiger partial charge is 0.0666 e. The van der Waals surface area contributed by atoms with Crippen molar-refractivity contribution in [3.63, 3.8) is 0 Å². The SMILES string of the molecule is CCc1nn(C)cc1CNCc1c(C)cccc1C. The Morgan fingerprint density at radius 3 is 2.47 bits per heavy atom. The third-order valence-corrected chi connectivity index (χ3v) is 3.59. The molecule has 0 radical (unpaired) electrons. The summed E-state index contributed by atoms with van der Waals surface area (Å²) in [6, 6.07) is 6.46. The van der Waals surface area contributed by atoms with Gasteiger partial charge in [-0.25, -0.2) is 0 Å². The molecule has 0 spiro atoms. The van der Waals surface area contributed by atoms with Gasteiger partial charge in [0.15, 0.2) is 0 Å². The number of nitrogens with one attached hydrogen (secondary N) is 1. The van der Waals surface area contributed by atoms with Gasteiger partial charge in [0.1, 0.15) is 0 Å². The predicted molar refractivity (Wildman–Crippen MR) is 79.0 cm³/mol. The molecule has 3 nitrogen and oxygen atoms in total. The van der Waals surface area contributed by atoms with Gasteiger partial charge in [0.2, 0.25) is 0 Å². The molecule has 3 heteroatoms. The Morgan fingerprint density at radius 1 is 1.16 bits per heavy atom. The van der Waals surface area contributed by atoms with Crippen LogP contribution in [0.3, 0.4) is 0 Å². The van der Waals surface area contributed by atoms with Crippen molar-refractivity contribution in [3.8, 4) is 0 Å². The summed E-state index contributed by atoms with van der Waals surface area (Å²) in [6.45, 7) is 8.29. The van der Waals surface area contributed by atoms with Crippen molar-refractivity contribution in [1.29, 1.82) is 0 Å². The van der Waals surface area contributed by atoms with Gasteiger partial charge in [-0.3, -0.25) is 4.68 Å². The van der Waals surface area contributed by atoms with Crippen LogP contribution in [0, 0.1) is 13.8 Å². The first-order valence-corrected chi connectivity index (χ1v) is 6.89. The maximum absolute atomic E-state index is 4.47. The Bertz CT molecular complexity index is 535. The van der Waals surface area contributed by atoms with Crippen molar-refractivity contribution >= 4 is 0 Å². The molecule has 1 aromatic carbocycles. The van der Waals surface area contributed by atoms with E-state index >= 15 is 0 Å². The van der Waals surface area contributed by atoms with Crippen LogP contribution in [-0.4, -0.2) is 9.78 Å². The second-order valence-corrected chi connectivity index (χ2v) is 5.10. The summed E-state index contributed by atoms with van der Waals surface area (Å²) in [5.41, 5.74) is 6.61. The molecule has 0 aliphatic rings. The zero-order valence-corrected chi connectivity index (χ0v) is 12.3. The Balaban J connectivity index is 2.00. The molecule has 0 saturated carbocycles. The minimum Gasteiger partial charge on any atom is -0.308 e. The van der Waals surface area contributed by atoms with Crippen molar-refractivity contribution in [2.45, 2.75) is 40.3 Å². The Morgan fingerprint density at radius 2 is 1.84 bits per heavy atom. The maximum atomic E-state index is 4.47. The lowest BCUT2D eigenvalue weighted by molar-refractivity contribution is 0.683. The van der Waals surface area contributed by atoms with E-state index in [0.29, 0.717) is 0 Å². The summed E-state index contributed by atoms with van der Waals surface area (Å²) in [5, 5.41) is 8.00. The third-order valence-electron chi connectivity index (χ3n) is 3.59. The largest absolute Gasteiger partial charge is 0.308 e. The maximum Gasteiger partial charge on any atom is 0.0666 e. The van der Waals surface area contributed by atoms with Crippen LogP contribution in [0.1, 0.15) is 34.9 Å². The van der Waals surface area contributed by atoms with Gasteiger partial charge in [-0.15, -0.1) is 0 Å². The van der Waals surface area contributed by atoms with Gasteiger partial charge in [-0.05, 0) is 37.0 Å². The van der Waals surface area contributed by atoms with Gasteiger partial charge < -0.3 is 5.32 Å². The van der Waals surface area contributed by atoms with E-state index in [0.717, 1.165) is 19.5 Å². The van der Waals surface area contributed by atoms with E-state index in [-0.39, 0.29) is 0 Å². The lowest BCUT2D eigenvalue weighted by atomic mass is 10.0. The van der Waals surface area contributed by atoms with Gasteiger partial charge >= 0.3 is 0 Å². The fourth-order valence-electron chi connectivity index (χ4n) is 2.48. The molecule has 1 N–H and O–H groups in total. The summed E-state index contributed by atoms with van der Waals surface area (Å²) in [5.74, 6) is 0. The summed E-state index contributed by atoms with van der Waals surface area (Å²) < 4.78 is 1.90. The topological polar surface area (TPSA) is 29.9 Å². The van der Waals surface area contributed by atoms with Crippen molar-refractivity contribution in [1.82, 2.24) is 15.1 Å². The molecule has 102 valence electrons. The molecule has 0 unspecified atom stereocenters. The highest BCUT2D eigenvalue weighted by Gasteiger charge is 2.06. The number of hydrogen-bond donors (Lipinski definition) is 1. The molecule has 1 heterocycles. The van der Waals surface area contributed by atoms with Crippen LogP contribution in [0.15, 0.2) is 24.4 Å². The minimum absolute atomic E-state index is 0.880. The molecule has 1 aromatic heterocycles. The number of hydrogen-bond acceptors (Lipinski definition) is 2. The standard InChI is InChI=1S/C16H23N3/c1-5-16-14(11-19(4)18-16)9-17-10-15-12(2)7-6-8-13(15)3/h6-8,11,17H,5,9-10H2,1-4H3. The Kier molecular flexibility index (Phi) is 4.38. The highest BCUT2D eigenvalue weighted by Crippen LogP contribution is 2.13. The molecule has 0 aliphatic heterocycles. The van der Waals surface area contributed by atoms with E-state index in [1.165, 1.54) is 27.9 Å². The number of benzene rings is 1. The normalized spacial score (nSPS) is 10.9. The highest BCUT2D eigenvalue weighted by atomic mass is 15.3. The number of nitrogens with zero attached hydrogens (tertiary/aromatic N) is 2. The molecule has 0 bridgehead atoms. The van der Waals surface area contributed by atoms with Crippen LogP contribution in [0.2, 0.25) is 0 Å². The van der Waals surface area contributed by atoms with E-state index in [2.05, 4.69) is 55.6 Å². The zero-order chi connectivity index (χ0) is 13.8. The van der Waals surface area contributed by atoms with Crippen molar-refractivity contribution in [3.05, 3.63) is 52.3 Å². The Hall–Kier alpha value is -1.61. The van der Waals surface area contributed by atoms with Crippen LogP contribution < -0.4 is 5.32 Å². The van der Waals surface area contributed by atoms with Crippen LogP contribution in [-0.2, 0) is 26.6 Å². The van der Waals surface area contributed by atoms with Gasteiger partial charge in [-0.1, -0.05) is 25.1 Å². The number of aromatic nitrogens is 2. The molecule has 0 fully saturated rings. The average molecular weight is 257 g/mol. The molecular formula is C16H23N3. The van der Waals surface area contributed by atoms with Gasteiger partial charge in [0.05, 0.1) is 5.69 Å². The molecule has 0 atom stereocenters. The quantitative estimate of drug-likeness (QED) is 0.892. The van der Waals surface area contributed by atoms with Crippen molar-refractivity contribution in [2.75, 3.05) is 0 Å². The zero-order valence-electron chi connectivity index (χ0n) is 12.3. The van der Waals surface area contributed by atoms with E-state index in [9.17, 15) is 0 Å². The molecule has 0 amide bonds. The molecular weight excluding hydrogens is 234 g/mol. The van der Waals surface area contributed by atoms with Gasteiger partial charge in [0.25, 0.3) is 0 Å². The summed E-state index contributed by atoms with van der Waals surface area (Å²) in [4.78, 5) is 0. The minimum atomic E-state index is 0.880. The number of aryl methyl sites for hydroxylation is 4. The fourth-order valence-corrected chi connectivity index (χ4v) is 2.48. The summed E-state index contributed by atoms with van der Waals surface area (Å²) in [6.07, 6.45) is 3.10. The van der Waals surface area contributed by atoms with E-state index in [1.807, 2.05) is 11.7 Å². The van der Waals surface area contributed by atoms with Crippen LogP contribution >= 0.6 is 0 Å². The van der Waals surface area contributed by atoms with E-state index in [1.54, 1.807) is 0 Å². The molecule has 2 aromatic rings. The average Bonchev–Trinajstić information content (AvgIpc) is 2.73. The summed E-state index contributed by atoms with van der Waals surface area (Å²) in [7, 11) is 1.98. The Labute approximate surface area is 115 Å². The molecule has 0 aliphatic carbocycles. The summed E-state index contributed by atoms with van der Waals surface area (Å²) >= 11 is 0. The van der Waals surface area contributed by atoms with Gasteiger partial charge in [0, 0.05) is 31.9 Å². The number of rotatable bonds is 5. The second kappa shape index (κ2) is 6.02. The highest BCUT2D eigenvalue weighted by molar-refractivity contribution is 5.33. The molecule has 0 saturated heterocycles. The van der Waals surface area contributed by atoms with E-state index < -0.39 is 0 Å². The van der Waals surface area contributed by atoms with Crippen LogP contribution in [0.25, 0.3) is 0 Å². The predicted octanol–water partition coefficient (Wildman–Crippen LogP) is 2.89. The fraction of sp³-hybridized carbons (Fsp3) is 0.438. The van der Waals surface area contributed by atoms with Crippen LogP contribution in [0.4, 0.5) is 0 Å². The van der Waals surface area contributed by atoms with Crippen molar-refractivity contribution < 1.29 is 0 Å². The first-order chi connectivity index (χ1) is 9.11. The lowest BCUT2D eigenvalue weighted by Gasteiger charge is -2.10. The lowest BCUT2D eigenvalue weighted by Crippen LogP contribution is -2.15. The monoisotopic (exact) mass is 257 g/mol. The van der Waals surface area contributed by atoms with E-state index in [4.69, 9.17) is 0 Å². The molecule has 2 rings (SSSR count). The third kappa shape index (κ3) is 3.24. The van der Waals surface area contributed by atoms with Crippen molar-refractivity contribution in [2.24, 2.45) is 7.05 Å².